The molecular weight excluding hydrogens is 156 g/mol. The third kappa shape index (κ3) is 5.60. The Morgan fingerprint density at radius 1 is 1.58 bits per heavy atom. The Labute approximate surface area is 73.0 Å². The highest BCUT2D eigenvalue weighted by atomic mass is 16.7. The molecule has 0 aromatic heterocycles. The Hall–Kier alpha value is -1.17. The van der Waals surface area contributed by atoms with E-state index in [4.69, 9.17) is 4.74 Å². The van der Waals surface area contributed by atoms with Crippen LogP contribution in [0.15, 0.2) is 0 Å². The van der Waals surface area contributed by atoms with Crippen molar-refractivity contribution >= 4 is 6.16 Å². The minimum absolute atomic E-state index is 0.385. The predicted octanol–water partition coefficient (Wildman–Crippen LogP) is 1.96. The molecule has 0 rings (SSSR count). The molecule has 68 valence electrons. The Morgan fingerprint density at radius 3 is 2.75 bits per heavy atom. The zero-order valence-electron chi connectivity index (χ0n) is 7.72. The van der Waals surface area contributed by atoms with Crippen LogP contribution in [-0.4, -0.2) is 19.4 Å². The molecule has 0 aromatic carbocycles. The van der Waals surface area contributed by atoms with Crippen LogP contribution in [0.25, 0.3) is 0 Å². The largest absolute Gasteiger partial charge is 0.509 e. The summed E-state index contributed by atoms with van der Waals surface area (Å²) in [4.78, 5) is 10.5. The first kappa shape index (κ1) is 10.8. The summed E-state index contributed by atoms with van der Waals surface area (Å²) in [7, 11) is 1.27. The standard InChI is InChI=1S/C9H14O3/c1-4-5-6-7-8(2)12-9(10)11-3/h8H,4-5H2,1-3H3. The summed E-state index contributed by atoms with van der Waals surface area (Å²) >= 11 is 0. The lowest BCUT2D eigenvalue weighted by molar-refractivity contribution is 0.0604. The van der Waals surface area contributed by atoms with E-state index in [9.17, 15) is 4.79 Å². The van der Waals surface area contributed by atoms with Gasteiger partial charge in [0, 0.05) is 6.42 Å². The van der Waals surface area contributed by atoms with Crippen molar-refractivity contribution in [2.24, 2.45) is 0 Å². The second-order valence-corrected chi connectivity index (χ2v) is 2.29. The van der Waals surface area contributed by atoms with E-state index < -0.39 is 6.16 Å². The molecule has 0 bridgehead atoms. The van der Waals surface area contributed by atoms with Crippen molar-refractivity contribution in [1.82, 2.24) is 0 Å². The van der Waals surface area contributed by atoms with Gasteiger partial charge in [-0.25, -0.2) is 4.79 Å². The maximum atomic E-state index is 10.5. The molecule has 0 saturated carbocycles. The summed E-state index contributed by atoms with van der Waals surface area (Å²) in [6.07, 6.45) is 0.768. The molecule has 0 fully saturated rings. The molecule has 0 saturated heterocycles. The molecule has 1 atom stereocenters. The normalized spacial score (nSPS) is 10.9. The van der Waals surface area contributed by atoms with Crippen LogP contribution in [0.1, 0.15) is 26.7 Å². The first-order chi connectivity index (χ1) is 5.70. The van der Waals surface area contributed by atoms with Gasteiger partial charge in [-0.05, 0) is 13.3 Å². The predicted molar refractivity (Wildman–Crippen MR) is 45.6 cm³/mol. The molecule has 3 nitrogen and oxygen atoms in total. The second-order valence-electron chi connectivity index (χ2n) is 2.29. The summed E-state index contributed by atoms with van der Waals surface area (Å²) in [6.45, 7) is 3.75. The summed E-state index contributed by atoms with van der Waals surface area (Å²) in [5, 5.41) is 0. The molecule has 0 heterocycles. The van der Waals surface area contributed by atoms with E-state index in [1.54, 1.807) is 6.92 Å². The zero-order chi connectivity index (χ0) is 9.40. The third-order valence-electron chi connectivity index (χ3n) is 1.12. The van der Waals surface area contributed by atoms with E-state index >= 15 is 0 Å². The number of carbonyl (C=O) groups excluding carboxylic acids is 1. The molecule has 0 aliphatic heterocycles. The lowest BCUT2D eigenvalue weighted by Crippen LogP contribution is -2.12. The van der Waals surface area contributed by atoms with E-state index in [2.05, 4.69) is 16.6 Å². The van der Waals surface area contributed by atoms with Gasteiger partial charge >= 0.3 is 6.16 Å². The van der Waals surface area contributed by atoms with E-state index in [0.717, 1.165) is 12.8 Å². The lowest BCUT2D eigenvalue weighted by atomic mass is 10.3. The minimum atomic E-state index is -0.687. The van der Waals surface area contributed by atoms with E-state index in [-0.39, 0.29) is 6.10 Å². The van der Waals surface area contributed by atoms with E-state index in [0.29, 0.717) is 0 Å². The highest BCUT2D eigenvalue weighted by Crippen LogP contribution is 1.92. The van der Waals surface area contributed by atoms with Crippen molar-refractivity contribution in [1.29, 1.82) is 0 Å². The van der Waals surface area contributed by atoms with Gasteiger partial charge in [-0.1, -0.05) is 18.8 Å². The number of hydrogen-bond donors (Lipinski definition) is 0. The molecular formula is C9H14O3. The monoisotopic (exact) mass is 170 g/mol. The SMILES string of the molecule is CCCC#CC(C)OC(=O)OC. The average molecular weight is 170 g/mol. The smallest absolute Gasteiger partial charge is 0.438 e. The summed E-state index contributed by atoms with van der Waals surface area (Å²) in [5.74, 6) is 5.66. The first-order valence-corrected chi connectivity index (χ1v) is 3.93. The fraction of sp³-hybridized carbons (Fsp3) is 0.667. The van der Waals surface area contributed by atoms with Crippen molar-refractivity contribution in [2.45, 2.75) is 32.8 Å². The Morgan fingerprint density at radius 2 is 2.25 bits per heavy atom. The molecule has 12 heavy (non-hydrogen) atoms. The fourth-order valence-electron chi connectivity index (χ4n) is 0.563. The first-order valence-electron chi connectivity index (χ1n) is 3.93. The molecule has 3 heteroatoms. The Bertz CT molecular complexity index is 188. The van der Waals surface area contributed by atoms with Crippen molar-refractivity contribution in [2.75, 3.05) is 7.11 Å². The van der Waals surface area contributed by atoms with Crippen molar-refractivity contribution < 1.29 is 14.3 Å². The van der Waals surface area contributed by atoms with E-state index in [1.165, 1.54) is 7.11 Å². The molecule has 0 aromatic rings. The molecule has 0 spiro atoms. The topological polar surface area (TPSA) is 35.5 Å². The van der Waals surface area contributed by atoms with Crippen LogP contribution in [0.5, 0.6) is 0 Å². The number of rotatable bonds is 2. The third-order valence-corrected chi connectivity index (χ3v) is 1.12. The van der Waals surface area contributed by atoms with Crippen molar-refractivity contribution in [3.63, 3.8) is 0 Å². The van der Waals surface area contributed by atoms with Crippen LogP contribution < -0.4 is 0 Å². The molecule has 0 amide bonds. The molecule has 0 aliphatic carbocycles. The average Bonchev–Trinajstić information content (AvgIpc) is 2.05. The van der Waals surface area contributed by atoms with E-state index in [1.807, 2.05) is 6.92 Å². The van der Waals surface area contributed by atoms with Crippen LogP contribution >= 0.6 is 0 Å². The quantitative estimate of drug-likeness (QED) is 0.469. The van der Waals surface area contributed by atoms with Gasteiger partial charge < -0.3 is 9.47 Å². The molecule has 0 radical (unpaired) electrons. The van der Waals surface area contributed by atoms with Gasteiger partial charge in [0.15, 0.2) is 6.10 Å². The van der Waals surface area contributed by atoms with Crippen LogP contribution in [0, 0.1) is 11.8 Å². The maximum absolute atomic E-state index is 10.5. The minimum Gasteiger partial charge on any atom is -0.438 e. The lowest BCUT2D eigenvalue weighted by Gasteiger charge is -2.03. The highest BCUT2D eigenvalue weighted by molar-refractivity contribution is 5.60. The van der Waals surface area contributed by atoms with Crippen molar-refractivity contribution in [3.8, 4) is 11.8 Å². The molecule has 1 unspecified atom stereocenters. The Balaban J connectivity index is 3.67. The summed E-state index contributed by atoms with van der Waals surface area (Å²) < 4.78 is 9.01. The maximum Gasteiger partial charge on any atom is 0.509 e. The van der Waals surface area contributed by atoms with Gasteiger partial charge in [0.25, 0.3) is 0 Å². The number of ether oxygens (including phenoxy) is 2. The second kappa shape index (κ2) is 6.53. The number of hydrogen-bond acceptors (Lipinski definition) is 3. The summed E-state index contributed by atoms with van der Waals surface area (Å²) in [6, 6.07) is 0. The zero-order valence-corrected chi connectivity index (χ0v) is 7.72. The van der Waals surface area contributed by atoms with Crippen LogP contribution in [-0.2, 0) is 9.47 Å². The highest BCUT2D eigenvalue weighted by Gasteiger charge is 2.04. The molecule has 0 aliphatic rings. The molecule has 0 N–H and O–H groups in total. The van der Waals surface area contributed by atoms with Gasteiger partial charge in [0.2, 0.25) is 0 Å². The van der Waals surface area contributed by atoms with Gasteiger partial charge in [-0.15, -0.1) is 0 Å². The van der Waals surface area contributed by atoms with Gasteiger partial charge in [-0.3, -0.25) is 0 Å². The van der Waals surface area contributed by atoms with Crippen LogP contribution in [0.3, 0.4) is 0 Å². The van der Waals surface area contributed by atoms with Crippen LogP contribution in [0.4, 0.5) is 4.79 Å². The number of carbonyl (C=O) groups is 1. The van der Waals surface area contributed by atoms with Gasteiger partial charge in [0.05, 0.1) is 7.11 Å². The summed E-state index contributed by atoms with van der Waals surface area (Å²) in [5.41, 5.74) is 0. The number of methoxy groups -OCH3 is 1. The van der Waals surface area contributed by atoms with Crippen LogP contribution in [0.2, 0.25) is 0 Å². The number of unbranched alkanes of at least 4 members (excludes halogenated alkanes) is 1. The van der Waals surface area contributed by atoms with Gasteiger partial charge in [-0.2, -0.15) is 0 Å². The Kier molecular flexibility index (Phi) is 5.90. The van der Waals surface area contributed by atoms with Gasteiger partial charge in [0.1, 0.15) is 0 Å². The van der Waals surface area contributed by atoms with Crippen molar-refractivity contribution in [3.05, 3.63) is 0 Å². The fourth-order valence-corrected chi connectivity index (χ4v) is 0.563.